The van der Waals surface area contributed by atoms with E-state index >= 15 is 0 Å². The van der Waals surface area contributed by atoms with Crippen LogP contribution in [0, 0.1) is 12.7 Å². The van der Waals surface area contributed by atoms with E-state index in [9.17, 15) is 22.4 Å². The van der Waals surface area contributed by atoms with Gasteiger partial charge in [-0.05, 0) is 62.2 Å². The number of likely N-dealkylation sites (tertiary alicyclic amines) is 1. The predicted octanol–water partition coefficient (Wildman–Crippen LogP) is 5.68. The molecule has 1 fully saturated rings. The molecule has 0 atom stereocenters. The molecule has 3 N–H and O–H groups in total. The first-order valence-electron chi connectivity index (χ1n) is 12.2. The minimum atomic E-state index is -4.83. The minimum Gasteiger partial charge on any atom is -0.382 e. The van der Waals surface area contributed by atoms with Crippen molar-refractivity contribution < 1.29 is 22.4 Å². The van der Waals surface area contributed by atoms with Crippen LogP contribution in [0.2, 0.25) is 0 Å². The highest BCUT2D eigenvalue weighted by atomic mass is 19.4. The number of rotatable bonds is 5. The van der Waals surface area contributed by atoms with Crippen LogP contribution in [-0.2, 0) is 11.0 Å². The van der Waals surface area contributed by atoms with Gasteiger partial charge in [0.1, 0.15) is 11.6 Å². The summed E-state index contributed by atoms with van der Waals surface area (Å²) in [5, 5.41) is 6.37. The lowest BCUT2D eigenvalue weighted by Crippen LogP contribution is -2.38. The molecular formula is C27H27F4N5O. The number of H-pyrrole nitrogens is 1. The second kappa shape index (κ2) is 9.66. The van der Waals surface area contributed by atoms with E-state index in [2.05, 4.69) is 32.4 Å². The van der Waals surface area contributed by atoms with E-state index in [0.29, 0.717) is 23.0 Å². The van der Waals surface area contributed by atoms with Gasteiger partial charge in [0.2, 0.25) is 0 Å². The number of benzene rings is 2. The number of aryl methyl sites for hydroxylation is 1. The Kier molecular flexibility index (Phi) is 6.53. The van der Waals surface area contributed by atoms with E-state index in [1.165, 1.54) is 6.07 Å². The number of aromatic nitrogens is 2. The van der Waals surface area contributed by atoms with Gasteiger partial charge in [-0.15, -0.1) is 0 Å². The molecule has 0 radical (unpaired) electrons. The molecule has 3 aromatic rings. The monoisotopic (exact) mass is 513 g/mol. The zero-order chi connectivity index (χ0) is 26.3. The molecule has 1 amide bonds. The topological polar surface area (TPSA) is 73.0 Å². The lowest BCUT2D eigenvalue weighted by atomic mass is 9.93. The number of amides is 1. The van der Waals surface area contributed by atoms with Crippen LogP contribution < -0.4 is 10.6 Å². The number of aromatic amines is 1. The maximum Gasteiger partial charge on any atom is 0.419 e. The van der Waals surface area contributed by atoms with Gasteiger partial charge >= 0.3 is 6.18 Å². The Morgan fingerprint density at radius 1 is 1.16 bits per heavy atom. The zero-order valence-corrected chi connectivity index (χ0v) is 20.5. The second-order valence-electron chi connectivity index (χ2n) is 9.40. The van der Waals surface area contributed by atoms with Crippen LogP contribution in [-0.4, -0.2) is 46.5 Å². The van der Waals surface area contributed by atoms with Crippen LogP contribution >= 0.6 is 0 Å². The number of carbonyl (C=O) groups excluding carboxylic acids is 1. The van der Waals surface area contributed by atoms with Gasteiger partial charge in [-0.3, -0.25) is 4.79 Å². The molecule has 2 aromatic carbocycles. The fourth-order valence-electron chi connectivity index (χ4n) is 4.98. The summed E-state index contributed by atoms with van der Waals surface area (Å²) in [5.41, 5.74) is 1.78. The van der Waals surface area contributed by atoms with E-state index in [0.717, 1.165) is 44.2 Å². The Morgan fingerprint density at radius 3 is 2.54 bits per heavy atom. The Bertz CT molecular complexity index is 1370. The molecule has 2 aliphatic rings. The lowest BCUT2D eigenvalue weighted by Gasteiger charge is -2.32. The molecule has 10 heteroatoms. The molecule has 194 valence electrons. The van der Waals surface area contributed by atoms with E-state index in [4.69, 9.17) is 0 Å². The quantitative estimate of drug-likeness (QED) is 0.303. The SMILES string of the molecule is CCN1CCC(Nc2ccc3c(c2)/C(=C(\c2ccc(C(F)(F)F)c(F)c2)c2nc(C)c[nH]2)C(=O)N3)CC1. The van der Waals surface area contributed by atoms with Gasteiger partial charge in [-0.25, -0.2) is 9.37 Å². The molecule has 0 unspecified atom stereocenters. The van der Waals surface area contributed by atoms with Crippen LogP contribution in [0.3, 0.4) is 0 Å². The summed E-state index contributed by atoms with van der Waals surface area (Å²) < 4.78 is 54.2. The number of alkyl halides is 3. The molecule has 2 aliphatic heterocycles. The first kappa shape index (κ1) is 25.0. The van der Waals surface area contributed by atoms with E-state index in [-0.39, 0.29) is 28.6 Å². The first-order chi connectivity index (χ1) is 17.6. The summed E-state index contributed by atoms with van der Waals surface area (Å²) in [6.45, 7) is 6.92. The number of halogens is 4. The molecule has 0 saturated carbocycles. The third-order valence-corrected chi connectivity index (χ3v) is 6.93. The largest absolute Gasteiger partial charge is 0.419 e. The van der Waals surface area contributed by atoms with Crippen LogP contribution in [0.1, 0.15) is 48.0 Å². The molecule has 3 heterocycles. The van der Waals surface area contributed by atoms with Gasteiger partial charge in [0, 0.05) is 47.8 Å². The van der Waals surface area contributed by atoms with E-state index < -0.39 is 23.5 Å². The number of hydrogen-bond donors (Lipinski definition) is 3. The number of nitrogens with zero attached hydrogens (tertiary/aromatic N) is 2. The number of carbonyl (C=O) groups is 1. The standard InChI is InChI=1S/C27H27F4N5O/c1-3-36-10-8-17(9-11-36)34-18-5-7-22-19(13-18)24(26(37)35-22)23(25-32-14-15(2)33-25)16-4-6-20(21(28)12-16)27(29,30)31/h4-7,12-14,17,34H,3,8-11H2,1-2H3,(H,32,33)(H,35,37)/b24-23-. The molecule has 0 spiro atoms. The van der Waals surface area contributed by atoms with E-state index in [1.54, 1.807) is 19.2 Å². The summed E-state index contributed by atoms with van der Waals surface area (Å²) >= 11 is 0. The smallest absolute Gasteiger partial charge is 0.382 e. The summed E-state index contributed by atoms with van der Waals surface area (Å²) in [6.07, 6.45) is -1.23. The summed E-state index contributed by atoms with van der Waals surface area (Å²) in [6, 6.07) is 8.49. The van der Waals surface area contributed by atoms with Gasteiger partial charge in [0.05, 0.1) is 16.8 Å². The van der Waals surface area contributed by atoms with Crippen molar-refractivity contribution in [1.29, 1.82) is 0 Å². The molecule has 1 saturated heterocycles. The third-order valence-electron chi connectivity index (χ3n) is 6.93. The normalized spacial score (nSPS) is 18.1. The van der Waals surface area contributed by atoms with E-state index in [1.807, 2.05) is 12.1 Å². The number of anilines is 2. The lowest BCUT2D eigenvalue weighted by molar-refractivity contribution is -0.140. The van der Waals surface area contributed by atoms with Gasteiger partial charge < -0.3 is 20.5 Å². The third kappa shape index (κ3) is 4.98. The minimum absolute atomic E-state index is 0.114. The van der Waals surface area contributed by atoms with Gasteiger partial charge in [0.15, 0.2) is 0 Å². The summed E-state index contributed by atoms with van der Waals surface area (Å²) in [5.74, 6) is -1.59. The van der Waals surface area contributed by atoms with Gasteiger partial charge in [0.25, 0.3) is 5.91 Å². The number of hydrogen-bond acceptors (Lipinski definition) is 4. The van der Waals surface area contributed by atoms with Crippen molar-refractivity contribution in [1.82, 2.24) is 14.9 Å². The molecule has 0 aliphatic carbocycles. The van der Waals surface area contributed by atoms with Crippen molar-refractivity contribution in [2.75, 3.05) is 30.3 Å². The van der Waals surface area contributed by atoms with Gasteiger partial charge in [-0.1, -0.05) is 13.0 Å². The van der Waals surface area contributed by atoms with Crippen LogP contribution in [0.4, 0.5) is 28.9 Å². The Balaban J connectivity index is 1.59. The van der Waals surface area contributed by atoms with Crippen molar-refractivity contribution >= 4 is 28.4 Å². The van der Waals surface area contributed by atoms with Crippen molar-refractivity contribution in [2.24, 2.45) is 0 Å². The van der Waals surface area contributed by atoms with Crippen LogP contribution in [0.5, 0.6) is 0 Å². The highest BCUT2D eigenvalue weighted by Crippen LogP contribution is 2.42. The zero-order valence-electron chi connectivity index (χ0n) is 20.5. The summed E-state index contributed by atoms with van der Waals surface area (Å²) in [7, 11) is 0. The average molecular weight is 514 g/mol. The fourth-order valence-corrected chi connectivity index (χ4v) is 4.98. The van der Waals surface area contributed by atoms with Crippen LogP contribution in [0.25, 0.3) is 11.1 Å². The predicted molar refractivity (Wildman–Crippen MR) is 134 cm³/mol. The van der Waals surface area contributed by atoms with Crippen molar-refractivity contribution in [2.45, 2.75) is 38.9 Å². The summed E-state index contributed by atoms with van der Waals surface area (Å²) in [4.78, 5) is 23.0. The van der Waals surface area contributed by atoms with Crippen LogP contribution in [0.15, 0.2) is 42.6 Å². The van der Waals surface area contributed by atoms with Crippen molar-refractivity contribution in [3.8, 4) is 0 Å². The second-order valence-corrected chi connectivity index (χ2v) is 9.40. The number of fused-ring (bicyclic) bond motifs is 1. The first-order valence-corrected chi connectivity index (χ1v) is 12.2. The van der Waals surface area contributed by atoms with Crippen molar-refractivity contribution in [3.63, 3.8) is 0 Å². The number of nitrogens with one attached hydrogen (secondary N) is 3. The van der Waals surface area contributed by atoms with Crippen molar-refractivity contribution in [3.05, 3.63) is 76.6 Å². The maximum atomic E-state index is 14.6. The highest BCUT2D eigenvalue weighted by Gasteiger charge is 2.35. The Labute approximate surface area is 211 Å². The Hall–Kier alpha value is -3.66. The average Bonchev–Trinajstić information content (AvgIpc) is 3.42. The number of imidazole rings is 1. The molecule has 0 bridgehead atoms. The Morgan fingerprint density at radius 2 is 1.92 bits per heavy atom. The maximum absolute atomic E-state index is 14.6. The molecule has 1 aromatic heterocycles. The highest BCUT2D eigenvalue weighted by molar-refractivity contribution is 6.38. The fraction of sp³-hybridized carbons (Fsp3) is 0.333. The molecule has 6 nitrogen and oxygen atoms in total. The molecular weight excluding hydrogens is 486 g/mol. The van der Waals surface area contributed by atoms with Gasteiger partial charge in [-0.2, -0.15) is 13.2 Å². The molecule has 5 rings (SSSR count). The number of piperidine rings is 1. The molecule has 37 heavy (non-hydrogen) atoms.